The first-order valence-corrected chi connectivity index (χ1v) is 14.7. The van der Waals surface area contributed by atoms with E-state index in [1.807, 2.05) is 43.0 Å². The van der Waals surface area contributed by atoms with Crippen molar-refractivity contribution in [3.8, 4) is 0 Å². The van der Waals surface area contributed by atoms with Crippen LogP contribution in [0.2, 0.25) is 0 Å². The molecule has 1 saturated heterocycles. The van der Waals surface area contributed by atoms with Crippen molar-refractivity contribution in [1.82, 2.24) is 10.2 Å². The third kappa shape index (κ3) is 5.08. The summed E-state index contributed by atoms with van der Waals surface area (Å²) < 4.78 is 41.9. The standard InChI is InChI=1S/C32H39F3N4O3/c1-30(2)24-10-6-7-11-26(24)39(29(30)42)22-13-16-38(17-14-22)27(40)25(31(28(36)41)15-12-21(19-31)37-3)18-20-8-4-5-9-23(20)32(33,34)35/h4-11,21-22,25,37H,12-19H2,1-3H3,(H2,36,41)/t21?,25-,31?/m1/s1. The van der Waals surface area contributed by atoms with Gasteiger partial charge in [-0.2, -0.15) is 13.2 Å². The van der Waals surface area contributed by atoms with Gasteiger partial charge in [0.05, 0.1) is 22.3 Å². The van der Waals surface area contributed by atoms with Gasteiger partial charge in [0, 0.05) is 30.9 Å². The molecule has 226 valence electrons. The predicted molar refractivity (Wildman–Crippen MR) is 154 cm³/mol. The highest BCUT2D eigenvalue weighted by atomic mass is 19.4. The molecule has 0 aromatic heterocycles. The van der Waals surface area contributed by atoms with E-state index >= 15 is 0 Å². The molecule has 42 heavy (non-hydrogen) atoms. The van der Waals surface area contributed by atoms with Crippen LogP contribution in [0, 0.1) is 11.3 Å². The summed E-state index contributed by atoms with van der Waals surface area (Å²) in [6, 6.07) is 12.8. The van der Waals surface area contributed by atoms with Crippen LogP contribution in [0.3, 0.4) is 0 Å². The maximum absolute atomic E-state index is 14.3. The molecule has 0 radical (unpaired) electrons. The van der Waals surface area contributed by atoms with Crippen LogP contribution in [0.15, 0.2) is 48.5 Å². The molecule has 10 heteroatoms. The van der Waals surface area contributed by atoms with E-state index in [1.54, 1.807) is 11.9 Å². The SMILES string of the molecule is CNC1CCC(C(N)=O)([C@H](Cc2ccccc2C(F)(F)F)C(=O)N2CCC(N3C(=O)C(C)(C)c4ccccc43)CC2)C1. The number of hydrogen-bond donors (Lipinski definition) is 2. The van der Waals surface area contributed by atoms with E-state index < -0.39 is 34.4 Å². The second-order valence-corrected chi connectivity index (χ2v) is 12.5. The molecule has 0 spiro atoms. The topological polar surface area (TPSA) is 95.7 Å². The van der Waals surface area contributed by atoms with Gasteiger partial charge >= 0.3 is 6.18 Å². The number of nitrogens with two attached hydrogens (primary N) is 1. The number of hydrogen-bond acceptors (Lipinski definition) is 4. The minimum atomic E-state index is -4.60. The number of nitrogens with one attached hydrogen (secondary N) is 1. The Balaban J connectivity index is 1.42. The molecule has 1 aliphatic carbocycles. The number of carbonyl (C=O) groups is 3. The number of fused-ring (bicyclic) bond motifs is 1. The molecular weight excluding hydrogens is 545 g/mol. The van der Waals surface area contributed by atoms with E-state index in [0.29, 0.717) is 38.8 Å². The summed E-state index contributed by atoms with van der Waals surface area (Å²) in [5.41, 5.74) is 5.09. The first-order valence-electron chi connectivity index (χ1n) is 14.7. The number of nitrogens with zero attached hydrogens (tertiary/aromatic N) is 2. The van der Waals surface area contributed by atoms with Gasteiger partial charge in [0.1, 0.15) is 0 Å². The summed E-state index contributed by atoms with van der Waals surface area (Å²) in [6.07, 6.45) is -2.58. The molecule has 5 rings (SSSR count). The molecule has 2 unspecified atom stereocenters. The van der Waals surface area contributed by atoms with E-state index in [-0.39, 0.29) is 42.3 Å². The molecule has 2 heterocycles. The quantitative estimate of drug-likeness (QED) is 0.504. The average Bonchev–Trinajstić information content (AvgIpc) is 3.49. The van der Waals surface area contributed by atoms with Crippen LogP contribution < -0.4 is 16.0 Å². The molecule has 2 aromatic carbocycles. The molecule has 3 aliphatic rings. The van der Waals surface area contributed by atoms with Crippen molar-refractivity contribution in [1.29, 1.82) is 0 Å². The van der Waals surface area contributed by atoms with Crippen molar-refractivity contribution < 1.29 is 27.6 Å². The Labute approximate surface area is 244 Å². The van der Waals surface area contributed by atoms with Gasteiger partial charge in [-0.05, 0) is 82.7 Å². The Bertz CT molecular complexity index is 1370. The number of halogens is 3. The zero-order valence-corrected chi connectivity index (χ0v) is 24.3. The van der Waals surface area contributed by atoms with Crippen LogP contribution in [0.1, 0.15) is 62.6 Å². The fourth-order valence-corrected chi connectivity index (χ4v) is 7.41. The normalized spacial score (nSPS) is 25.0. The number of rotatable bonds is 7. The van der Waals surface area contributed by atoms with E-state index in [1.165, 1.54) is 18.2 Å². The van der Waals surface area contributed by atoms with Crippen LogP contribution in [-0.4, -0.2) is 54.8 Å². The minimum Gasteiger partial charge on any atom is -0.369 e. The average molecular weight is 585 g/mol. The molecule has 3 atom stereocenters. The molecule has 0 bridgehead atoms. The summed E-state index contributed by atoms with van der Waals surface area (Å²) >= 11 is 0. The molecule has 7 nitrogen and oxygen atoms in total. The zero-order valence-electron chi connectivity index (χ0n) is 24.3. The number of alkyl halides is 3. The number of piperidine rings is 1. The molecule has 2 fully saturated rings. The van der Waals surface area contributed by atoms with Crippen LogP contribution >= 0.6 is 0 Å². The van der Waals surface area contributed by atoms with E-state index in [4.69, 9.17) is 5.73 Å². The molecule has 1 saturated carbocycles. The highest BCUT2D eigenvalue weighted by Gasteiger charge is 2.54. The fourth-order valence-electron chi connectivity index (χ4n) is 7.41. The number of amides is 3. The Morgan fingerprint density at radius 2 is 1.69 bits per heavy atom. The lowest BCUT2D eigenvalue weighted by Crippen LogP contribution is -2.54. The number of primary amides is 1. The van der Waals surface area contributed by atoms with Crippen LogP contribution in [0.5, 0.6) is 0 Å². The number of anilines is 1. The van der Waals surface area contributed by atoms with Gasteiger partial charge in [0.15, 0.2) is 0 Å². The van der Waals surface area contributed by atoms with Gasteiger partial charge in [-0.15, -0.1) is 0 Å². The maximum Gasteiger partial charge on any atom is 0.416 e. The molecule has 3 amide bonds. The Hall–Kier alpha value is -3.40. The summed E-state index contributed by atoms with van der Waals surface area (Å²) in [4.78, 5) is 44.4. The zero-order chi connectivity index (χ0) is 30.4. The van der Waals surface area contributed by atoms with Crippen molar-refractivity contribution in [3.63, 3.8) is 0 Å². The second kappa shape index (κ2) is 11.0. The monoisotopic (exact) mass is 584 g/mol. The number of benzene rings is 2. The Morgan fingerprint density at radius 1 is 1.05 bits per heavy atom. The van der Waals surface area contributed by atoms with E-state index in [0.717, 1.165) is 17.3 Å². The van der Waals surface area contributed by atoms with Crippen LogP contribution in [0.4, 0.5) is 18.9 Å². The van der Waals surface area contributed by atoms with Crippen molar-refractivity contribution in [3.05, 3.63) is 65.2 Å². The van der Waals surface area contributed by atoms with Crippen LogP contribution in [-0.2, 0) is 32.4 Å². The summed E-state index contributed by atoms with van der Waals surface area (Å²) in [7, 11) is 1.77. The largest absolute Gasteiger partial charge is 0.416 e. The minimum absolute atomic E-state index is 0.0201. The number of likely N-dealkylation sites (tertiary alicyclic amines) is 1. The lowest BCUT2D eigenvalue weighted by Gasteiger charge is -2.42. The van der Waals surface area contributed by atoms with Gasteiger partial charge < -0.3 is 20.9 Å². The third-order valence-electron chi connectivity index (χ3n) is 9.89. The summed E-state index contributed by atoms with van der Waals surface area (Å²) in [6.45, 7) is 4.49. The Kier molecular flexibility index (Phi) is 7.89. The predicted octanol–water partition coefficient (Wildman–Crippen LogP) is 4.42. The lowest BCUT2D eigenvalue weighted by atomic mass is 9.69. The van der Waals surface area contributed by atoms with Gasteiger partial charge in [-0.25, -0.2) is 0 Å². The molecule has 2 aliphatic heterocycles. The first-order chi connectivity index (χ1) is 19.8. The number of para-hydroxylation sites is 1. The van der Waals surface area contributed by atoms with Crippen molar-refractivity contribution >= 4 is 23.4 Å². The maximum atomic E-state index is 14.3. The second-order valence-electron chi connectivity index (χ2n) is 12.5. The first kappa shape index (κ1) is 30.1. The molecular formula is C32H39F3N4O3. The van der Waals surface area contributed by atoms with E-state index in [9.17, 15) is 27.6 Å². The van der Waals surface area contributed by atoms with Gasteiger partial charge in [0.2, 0.25) is 17.7 Å². The molecule has 2 aromatic rings. The Morgan fingerprint density at radius 3 is 2.31 bits per heavy atom. The lowest BCUT2D eigenvalue weighted by molar-refractivity contribution is -0.148. The van der Waals surface area contributed by atoms with Crippen molar-refractivity contribution in [2.75, 3.05) is 25.0 Å². The van der Waals surface area contributed by atoms with Crippen molar-refractivity contribution in [2.24, 2.45) is 17.1 Å². The number of carbonyl (C=O) groups excluding carboxylic acids is 3. The van der Waals surface area contributed by atoms with E-state index in [2.05, 4.69) is 5.32 Å². The highest BCUT2D eigenvalue weighted by molar-refractivity contribution is 6.08. The van der Waals surface area contributed by atoms with Crippen LogP contribution in [0.25, 0.3) is 0 Å². The summed E-state index contributed by atoms with van der Waals surface area (Å²) in [5.74, 6) is -2.03. The highest BCUT2D eigenvalue weighted by Crippen LogP contribution is 2.48. The van der Waals surface area contributed by atoms with Gasteiger partial charge in [-0.3, -0.25) is 14.4 Å². The van der Waals surface area contributed by atoms with Crippen molar-refractivity contribution in [2.45, 2.75) is 76.0 Å². The fraction of sp³-hybridized carbons (Fsp3) is 0.531. The summed E-state index contributed by atoms with van der Waals surface area (Å²) in [5, 5.41) is 3.15. The smallest absolute Gasteiger partial charge is 0.369 e. The van der Waals surface area contributed by atoms with Gasteiger partial charge in [0.25, 0.3) is 0 Å². The third-order valence-corrected chi connectivity index (χ3v) is 9.89. The molecule has 3 N–H and O–H groups in total. The van der Waals surface area contributed by atoms with Gasteiger partial charge in [-0.1, -0.05) is 36.4 Å².